The van der Waals surface area contributed by atoms with E-state index in [1.165, 1.54) is 31.4 Å². The minimum Gasteiger partial charge on any atom is -0.369 e. The van der Waals surface area contributed by atoms with Crippen LogP contribution in [0, 0.1) is 13.8 Å². The molecule has 0 spiro atoms. The summed E-state index contributed by atoms with van der Waals surface area (Å²) in [6.07, 6.45) is 7.72. The number of benzene rings is 1. The summed E-state index contributed by atoms with van der Waals surface area (Å²) in [5, 5.41) is 0. The van der Waals surface area contributed by atoms with Crippen LogP contribution in [0.2, 0.25) is 0 Å². The Balaban J connectivity index is 2.53. The lowest BCUT2D eigenvalue weighted by atomic mass is 9.94. The van der Waals surface area contributed by atoms with Crippen molar-refractivity contribution >= 4 is 11.5 Å². The summed E-state index contributed by atoms with van der Waals surface area (Å²) in [6.45, 7) is 13.5. The molecule has 2 aromatic rings. The van der Waals surface area contributed by atoms with Crippen molar-refractivity contribution < 1.29 is 4.79 Å². The fourth-order valence-electron chi connectivity index (χ4n) is 4.10. The quantitative estimate of drug-likeness (QED) is 0.427. The number of hydrogen-bond acceptors (Lipinski definition) is 3. The van der Waals surface area contributed by atoms with E-state index in [0.29, 0.717) is 6.04 Å². The van der Waals surface area contributed by atoms with E-state index < -0.39 is 0 Å². The van der Waals surface area contributed by atoms with Crippen molar-refractivity contribution in [1.82, 2.24) is 4.98 Å². The summed E-state index contributed by atoms with van der Waals surface area (Å²) in [4.78, 5) is 19.5. The van der Waals surface area contributed by atoms with E-state index in [1.54, 1.807) is 6.92 Å². The number of anilines is 1. The maximum Gasteiger partial charge on any atom is 0.160 e. The van der Waals surface area contributed by atoms with Gasteiger partial charge >= 0.3 is 0 Å². The predicted molar refractivity (Wildman–Crippen MR) is 120 cm³/mol. The topological polar surface area (TPSA) is 33.2 Å². The average molecular weight is 381 g/mol. The van der Waals surface area contributed by atoms with Crippen LogP contribution in [0.4, 0.5) is 5.69 Å². The lowest BCUT2D eigenvalue weighted by Crippen LogP contribution is -2.36. The molecule has 152 valence electrons. The molecule has 0 unspecified atom stereocenters. The molecule has 2 rings (SSSR count). The van der Waals surface area contributed by atoms with E-state index in [4.69, 9.17) is 0 Å². The molecule has 0 N–H and O–H groups in total. The molecule has 0 aliphatic carbocycles. The molecule has 0 amide bonds. The minimum atomic E-state index is 0.107. The van der Waals surface area contributed by atoms with Crippen LogP contribution in [-0.2, 0) is 0 Å². The first-order valence-corrected chi connectivity index (χ1v) is 10.8. The lowest BCUT2D eigenvalue weighted by Gasteiger charge is -2.34. The minimum absolute atomic E-state index is 0.107. The third-order valence-corrected chi connectivity index (χ3v) is 5.40. The fraction of sp³-hybridized carbons (Fsp3) is 0.520. The summed E-state index contributed by atoms with van der Waals surface area (Å²) in [7, 11) is 0. The van der Waals surface area contributed by atoms with Gasteiger partial charge in [-0.15, -0.1) is 0 Å². The number of carbonyl (C=O) groups excluding carboxylic acids is 1. The fourth-order valence-corrected chi connectivity index (χ4v) is 4.10. The molecule has 0 aliphatic heterocycles. The van der Waals surface area contributed by atoms with Gasteiger partial charge in [-0.05, 0) is 69.4 Å². The van der Waals surface area contributed by atoms with Crippen molar-refractivity contribution in [2.24, 2.45) is 0 Å². The zero-order chi connectivity index (χ0) is 20.7. The van der Waals surface area contributed by atoms with Gasteiger partial charge in [0, 0.05) is 41.3 Å². The van der Waals surface area contributed by atoms with Crippen LogP contribution in [0.25, 0.3) is 11.1 Å². The Labute approximate surface area is 171 Å². The number of carbonyl (C=O) groups is 1. The molecular formula is C25H36N2O. The second kappa shape index (κ2) is 10.4. The van der Waals surface area contributed by atoms with Gasteiger partial charge in [0.2, 0.25) is 0 Å². The van der Waals surface area contributed by atoms with E-state index in [9.17, 15) is 4.79 Å². The van der Waals surface area contributed by atoms with E-state index in [2.05, 4.69) is 61.8 Å². The van der Waals surface area contributed by atoms with Crippen LogP contribution in [-0.4, -0.2) is 23.4 Å². The predicted octanol–water partition coefficient (Wildman–Crippen LogP) is 6.75. The number of rotatable bonds is 10. The molecule has 1 aromatic carbocycles. The van der Waals surface area contributed by atoms with Gasteiger partial charge in [-0.1, -0.05) is 39.7 Å². The van der Waals surface area contributed by atoms with Gasteiger partial charge in [0.1, 0.15) is 0 Å². The highest BCUT2D eigenvalue weighted by Crippen LogP contribution is 2.32. The average Bonchev–Trinajstić information content (AvgIpc) is 2.66. The maximum absolute atomic E-state index is 12.5. The molecule has 28 heavy (non-hydrogen) atoms. The van der Waals surface area contributed by atoms with Crippen LogP contribution in [0.5, 0.6) is 0 Å². The van der Waals surface area contributed by atoms with E-state index in [-0.39, 0.29) is 5.78 Å². The molecule has 0 saturated carbocycles. The number of aryl methyl sites for hydroxylation is 2. The molecule has 0 atom stereocenters. The molecular weight excluding hydrogens is 344 g/mol. The van der Waals surface area contributed by atoms with Gasteiger partial charge in [0.25, 0.3) is 0 Å². The Morgan fingerprint density at radius 1 is 1.00 bits per heavy atom. The van der Waals surface area contributed by atoms with Gasteiger partial charge < -0.3 is 4.90 Å². The SMILES string of the molecule is CCCC(CCC)N(CCC)c1ccc(-c2cnc(C)cc2C)c(C(C)=O)c1. The molecule has 3 nitrogen and oxygen atoms in total. The molecule has 0 aliphatic rings. The largest absolute Gasteiger partial charge is 0.369 e. The van der Waals surface area contributed by atoms with Crippen molar-refractivity contribution in [3.05, 3.63) is 47.3 Å². The monoisotopic (exact) mass is 380 g/mol. The Kier molecular flexibility index (Phi) is 8.22. The van der Waals surface area contributed by atoms with Gasteiger partial charge in [0.05, 0.1) is 0 Å². The summed E-state index contributed by atoms with van der Waals surface area (Å²) in [5.41, 5.74) is 6.14. The van der Waals surface area contributed by atoms with Crippen molar-refractivity contribution in [3.63, 3.8) is 0 Å². The summed E-state index contributed by atoms with van der Waals surface area (Å²) in [5.74, 6) is 0.107. The van der Waals surface area contributed by atoms with Gasteiger partial charge in [-0.3, -0.25) is 9.78 Å². The zero-order valence-corrected chi connectivity index (χ0v) is 18.5. The van der Waals surface area contributed by atoms with Crippen molar-refractivity contribution in [2.45, 2.75) is 79.7 Å². The van der Waals surface area contributed by atoms with Gasteiger partial charge in [-0.2, -0.15) is 0 Å². The Morgan fingerprint density at radius 3 is 2.21 bits per heavy atom. The first-order chi connectivity index (χ1) is 13.4. The molecule has 1 aromatic heterocycles. The van der Waals surface area contributed by atoms with Crippen LogP contribution < -0.4 is 4.90 Å². The Morgan fingerprint density at radius 2 is 1.68 bits per heavy atom. The lowest BCUT2D eigenvalue weighted by molar-refractivity contribution is 0.101. The number of Topliss-reactive ketones (excluding diaryl/α,β-unsaturated/α-hetero) is 1. The summed E-state index contributed by atoms with van der Waals surface area (Å²) < 4.78 is 0. The Bertz CT molecular complexity index is 791. The van der Waals surface area contributed by atoms with Gasteiger partial charge in [-0.25, -0.2) is 0 Å². The number of ketones is 1. The van der Waals surface area contributed by atoms with Crippen LogP contribution in [0.3, 0.4) is 0 Å². The van der Waals surface area contributed by atoms with E-state index in [0.717, 1.165) is 40.9 Å². The number of pyridine rings is 1. The number of nitrogens with zero attached hydrogens (tertiary/aromatic N) is 2. The highest BCUT2D eigenvalue weighted by molar-refractivity contribution is 6.02. The molecule has 0 fully saturated rings. The van der Waals surface area contributed by atoms with Crippen LogP contribution >= 0.6 is 0 Å². The van der Waals surface area contributed by atoms with Gasteiger partial charge in [0.15, 0.2) is 5.78 Å². The number of hydrogen-bond donors (Lipinski definition) is 0. The first kappa shape index (κ1) is 22.1. The molecule has 0 radical (unpaired) electrons. The highest BCUT2D eigenvalue weighted by atomic mass is 16.1. The molecule has 0 saturated heterocycles. The van der Waals surface area contributed by atoms with Crippen LogP contribution in [0.15, 0.2) is 30.5 Å². The normalized spacial score (nSPS) is 11.1. The summed E-state index contributed by atoms with van der Waals surface area (Å²) >= 11 is 0. The highest BCUT2D eigenvalue weighted by Gasteiger charge is 2.20. The number of aromatic nitrogens is 1. The second-order valence-electron chi connectivity index (χ2n) is 7.85. The van der Waals surface area contributed by atoms with Crippen molar-refractivity contribution in [2.75, 3.05) is 11.4 Å². The van der Waals surface area contributed by atoms with E-state index in [1.807, 2.05) is 13.1 Å². The molecule has 3 heteroatoms. The third-order valence-electron chi connectivity index (χ3n) is 5.40. The van der Waals surface area contributed by atoms with Crippen LogP contribution in [0.1, 0.15) is 81.4 Å². The molecule has 1 heterocycles. The maximum atomic E-state index is 12.5. The Hall–Kier alpha value is -2.16. The van der Waals surface area contributed by atoms with E-state index >= 15 is 0 Å². The molecule has 0 bridgehead atoms. The smallest absolute Gasteiger partial charge is 0.160 e. The summed E-state index contributed by atoms with van der Waals surface area (Å²) in [6, 6.07) is 9.02. The standard InChI is InChI=1S/C25H36N2O/c1-7-10-21(11-8-2)27(14-9-3)22-12-13-23(24(16-22)20(6)28)25-17-26-19(5)15-18(25)4/h12-13,15-17,21H,7-11,14H2,1-6H3. The first-order valence-electron chi connectivity index (χ1n) is 10.8. The van der Waals surface area contributed by atoms with Crippen molar-refractivity contribution in [3.8, 4) is 11.1 Å². The second-order valence-corrected chi connectivity index (χ2v) is 7.85. The zero-order valence-electron chi connectivity index (χ0n) is 18.5. The van der Waals surface area contributed by atoms with Crippen molar-refractivity contribution in [1.29, 1.82) is 0 Å². The third kappa shape index (κ3) is 5.21.